The molecule has 2 aromatic heterocycles. The van der Waals surface area contributed by atoms with Crippen LogP contribution in [0.15, 0.2) is 11.1 Å². The van der Waals surface area contributed by atoms with Crippen LogP contribution in [0.2, 0.25) is 0 Å². The van der Waals surface area contributed by atoms with Crippen molar-refractivity contribution in [1.82, 2.24) is 25.1 Å². The van der Waals surface area contributed by atoms with Crippen molar-refractivity contribution in [2.75, 3.05) is 0 Å². The summed E-state index contributed by atoms with van der Waals surface area (Å²) in [6.45, 7) is 1.90. The first kappa shape index (κ1) is 7.78. The zero-order valence-corrected chi connectivity index (χ0v) is 6.98. The van der Waals surface area contributed by atoms with Gasteiger partial charge in [-0.05, 0) is 0 Å². The molecule has 0 bridgehead atoms. The van der Waals surface area contributed by atoms with Gasteiger partial charge in [0.25, 0.3) is 5.56 Å². The molecule has 0 aliphatic carbocycles. The van der Waals surface area contributed by atoms with E-state index in [2.05, 4.69) is 25.1 Å². The number of nitrogens with one attached hydrogen (secondary N) is 1. The number of aryl methyl sites for hydroxylation is 1. The van der Waals surface area contributed by atoms with E-state index in [1.54, 1.807) is 0 Å². The van der Waals surface area contributed by atoms with Crippen LogP contribution in [0.25, 0.3) is 11.2 Å². The Kier molecular flexibility index (Phi) is 1.73. The first-order valence-electron chi connectivity index (χ1n) is 3.88. The second-order valence-corrected chi connectivity index (χ2v) is 2.49. The van der Waals surface area contributed by atoms with Crippen molar-refractivity contribution in [3.63, 3.8) is 0 Å². The molecule has 6 nitrogen and oxygen atoms in total. The predicted molar refractivity (Wildman–Crippen MR) is 45.1 cm³/mol. The van der Waals surface area contributed by atoms with Gasteiger partial charge in [0.05, 0.1) is 6.33 Å². The van der Waals surface area contributed by atoms with Crippen molar-refractivity contribution in [1.29, 1.82) is 0 Å². The lowest BCUT2D eigenvalue weighted by Crippen LogP contribution is -2.11. The summed E-state index contributed by atoms with van der Waals surface area (Å²) in [5, 5.41) is 7.56. The van der Waals surface area contributed by atoms with Crippen LogP contribution in [0.5, 0.6) is 0 Å². The van der Waals surface area contributed by atoms with Crippen LogP contribution >= 0.6 is 0 Å². The summed E-state index contributed by atoms with van der Waals surface area (Å²) in [7, 11) is 0. The molecule has 2 heterocycles. The lowest BCUT2D eigenvalue weighted by Gasteiger charge is -1.94. The fourth-order valence-corrected chi connectivity index (χ4v) is 0.963. The van der Waals surface area contributed by atoms with Crippen molar-refractivity contribution >= 4 is 11.2 Å². The molecule has 0 fully saturated rings. The minimum absolute atomic E-state index is 0.245. The standard InChI is InChI=1S/C7H7N5O/c1-2-4-10-5-6(12-11-4)8-3-9-7(5)13/h3H,2H2,1H3,(H,8,9,12,13). The summed E-state index contributed by atoms with van der Waals surface area (Å²) in [6.07, 6.45) is 1.93. The number of aromatic nitrogens is 5. The molecule has 66 valence electrons. The van der Waals surface area contributed by atoms with E-state index >= 15 is 0 Å². The van der Waals surface area contributed by atoms with Crippen LogP contribution in [0.4, 0.5) is 0 Å². The molecule has 0 spiro atoms. The second kappa shape index (κ2) is 2.89. The molecule has 2 aromatic rings. The summed E-state index contributed by atoms with van der Waals surface area (Å²) in [5.74, 6) is 0.547. The Morgan fingerprint density at radius 2 is 2.31 bits per heavy atom. The number of fused-ring (bicyclic) bond motifs is 1. The summed E-state index contributed by atoms with van der Waals surface area (Å²) in [5.41, 5.74) is 0.241. The number of aromatic amines is 1. The Bertz CT molecular complexity index is 491. The molecule has 0 aliphatic rings. The molecule has 0 saturated heterocycles. The van der Waals surface area contributed by atoms with E-state index in [0.717, 1.165) is 0 Å². The molecule has 0 saturated carbocycles. The van der Waals surface area contributed by atoms with E-state index in [9.17, 15) is 4.79 Å². The van der Waals surface area contributed by atoms with E-state index in [4.69, 9.17) is 0 Å². The Hall–Kier alpha value is -1.85. The van der Waals surface area contributed by atoms with Crippen molar-refractivity contribution in [2.24, 2.45) is 0 Å². The van der Waals surface area contributed by atoms with Gasteiger partial charge in [-0.1, -0.05) is 6.92 Å². The van der Waals surface area contributed by atoms with Crippen LogP contribution in [0, 0.1) is 0 Å². The van der Waals surface area contributed by atoms with Crippen molar-refractivity contribution in [3.05, 3.63) is 22.5 Å². The van der Waals surface area contributed by atoms with E-state index in [1.165, 1.54) is 6.33 Å². The third-order valence-electron chi connectivity index (χ3n) is 1.63. The zero-order chi connectivity index (χ0) is 9.26. The molecule has 13 heavy (non-hydrogen) atoms. The van der Waals surface area contributed by atoms with Gasteiger partial charge < -0.3 is 4.98 Å². The summed E-state index contributed by atoms with van der Waals surface area (Å²) in [6, 6.07) is 0. The minimum Gasteiger partial charge on any atom is -0.311 e. The van der Waals surface area contributed by atoms with Gasteiger partial charge in [0, 0.05) is 6.42 Å². The van der Waals surface area contributed by atoms with Gasteiger partial charge in [-0.3, -0.25) is 4.79 Å². The van der Waals surface area contributed by atoms with Gasteiger partial charge in [0.1, 0.15) is 0 Å². The maximum absolute atomic E-state index is 11.2. The first-order valence-corrected chi connectivity index (χ1v) is 3.88. The number of H-pyrrole nitrogens is 1. The van der Waals surface area contributed by atoms with E-state index < -0.39 is 0 Å². The lowest BCUT2D eigenvalue weighted by molar-refractivity contribution is 0.865. The average Bonchev–Trinajstić information content (AvgIpc) is 2.18. The molecule has 0 aromatic carbocycles. The van der Waals surface area contributed by atoms with Crippen molar-refractivity contribution in [2.45, 2.75) is 13.3 Å². The van der Waals surface area contributed by atoms with E-state index in [-0.39, 0.29) is 16.7 Å². The monoisotopic (exact) mass is 177 g/mol. The third kappa shape index (κ3) is 1.26. The maximum atomic E-state index is 11.2. The van der Waals surface area contributed by atoms with Gasteiger partial charge in [-0.25, -0.2) is 9.97 Å². The molecule has 0 atom stereocenters. The summed E-state index contributed by atoms with van der Waals surface area (Å²) in [4.78, 5) is 21.5. The zero-order valence-electron chi connectivity index (χ0n) is 6.98. The first-order chi connectivity index (χ1) is 6.31. The number of hydrogen-bond donors (Lipinski definition) is 1. The fraction of sp³-hybridized carbons (Fsp3) is 0.286. The van der Waals surface area contributed by atoms with Crippen LogP contribution in [-0.2, 0) is 6.42 Å². The smallest absolute Gasteiger partial charge is 0.279 e. The van der Waals surface area contributed by atoms with Gasteiger partial charge >= 0.3 is 0 Å². The molecule has 1 N–H and O–H groups in total. The quantitative estimate of drug-likeness (QED) is 0.644. The van der Waals surface area contributed by atoms with Crippen LogP contribution in [0.1, 0.15) is 12.7 Å². The molecule has 0 amide bonds. The van der Waals surface area contributed by atoms with Crippen LogP contribution in [0.3, 0.4) is 0 Å². The third-order valence-corrected chi connectivity index (χ3v) is 1.63. The maximum Gasteiger partial charge on any atom is 0.279 e. The Morgan fingerprint density at radius 1 is 1.46 bits per heavy atom. The number of rotatable bonds is 1. The highest BCUT2D eigenvalue weighted by Crippen LogP contribution is 1.97. The van der Waals surface area contributed by atoms with Gasteiger partial charge in [-0.2, -0.15) is 0 Å². The molecular weight excluding hydrogens is 170 g/mol. The fourth-order valence-electron chi connectivity index (χ4n) is 0.963. The van der Waals surface area contributed by atoms with Gasteiger partial charge in [0.2, 0.25) is 5.65 Å². The highest BCUT2D eigenvalue weighted by atomic mass is 16.1. The molecule has 0 radical (unpaired) electrons. The lowest BCUT2D eigenvalue weighted by atomic mass is 10.4. The van der Waals surface area contributed by atoms with Crippen molar-refractivity contribution < 1.29 is 0 Å². The SMILES string of the molecule is CCc1nnc2nc[nH]c(=O)c2n1. The van der Waals surface area contributed by atoms with Crippen LogP contribution < -0.4 is 5.56 Å². The largest absolute Gasteiger partial charge is 0.311 e. The molecular formula is C7H7N5O. The van der Waals surface area contributed by atoms with E-state index in [0.29, 0.717) is 12.2 Å². The Balaban J connectivity index is 2.82. The average molecular weight is 177 g/mol. The minimum atomic E-state index is -0.283. The molecule has 2 rings (SSSR count). The predicted octanol–water partition coefficient (Wildman–Crippen LogP) is -0.330. The second-order valence-electron chi connectivity index (χ2n) is 2.49. The normalized spacial score (nSPS) is 10.5. The molecule has 6 heteroatoms. The molecule has 0 unspecified atom stereocenters. The van der Waals surface area contributed by atoms with E-state index in [1.807, 2.05) is 6.92 Å². The highest BCUT2D eigenvalue weighted by Gasteiger charge is 2.03. The Morgan fingerprint density at radius 3 is 3.08 bits per heavy atom. The number of nitrogens with zero attached hydrogens (tertiary/aromatic N) is 4. The molecule has 0 aliphatic heterocycles. The summed E-state index contributed by atoms with van der Waals surface area (Å²) >= 11 is 0. The van der Waals surface area contributed by atoms with Gasteiger partial charge in [0.15, 0.2) is 11.3 Å². The topological polar surface area (TPSA) is 84.4 Å². The number of hydrogen-bond acceptors (Lipinski definition) is 5. The summed E-state index contributed by atoms with van der Waals surface area (Å²) < 4.78 is 0. The van der Waals surface area contributed by atoms with Crippen LogP contribution in [-0.4, -0.2) is 25.1 Å². The highest BCUT2D eigenvalue weighted by molar-refractivity contribution is 5.66. The van der Waals surface area contributed by atoms with Crippen molar-refractivity contribution in [3.8, 4) is 0 Å². The Labute approximate surface area is 73.1 Å². The van der Waals surface area contributed by atoms with Gasteiger partial charge in [-0.15, -0.1) is 10.2 Å².